The molecule has 0 radical (unpaired) electrons. The predicted molar refractivity (Wildman–Crippen MR) is 91.7 cm³/mol. The molecular weight excluding hydrogens is 304 g/mol. The Kier molecular flexibility index (Phi) is 5.15. The molecule has 1 aliphatic rings. The topological polar surface area (TPSA) is 70.4 Å². The zero-order valence-electron chi connectivity index (χ0n) is 14.0. The number of nitrogens with zero attached hydrogens (tertiary/aromatic N) is 3. The van der Waals surface area contributed by atoms with Gasteiger partial charge in [-0.3, -0.25) is 9.69 Å². The van der Waals surface area contributed by atoms with E-state index in [1.54, 1.807) is 12.1 Å². The molecule has 1 aromatic carbocycles. The summed E-state index contributed by atoms with van der Waals surface area (Å²) in [6.07, 6.45) is 4.95. The van der Waals surface area contributed by atoms with Gasteiger partial charge in [0.15, 0.2) is 0 Å². The number of aromatic nitrogens is 2. The molecule has 128 valence electrons. The van der Waals surface area contributed by atoms with Gasteiger partial charge in [-0.2, -0.15) is 0 Å². The van der Waals surface area contributed by atoms with Gasteiger partial charge in [0.1, 0.15) is 11.6 Å². The van der Waals surface area contributed by atoms with E-state index in [9.17, 15) is 9.90 Å². The minimum absolute atomic E-state index is 0.0880. The molecule has 2 N–H and O–H groups in total. The second-order valence-electron chi connectivity index (χ2n) is 6.28. The van der Waals surface area contributed by atoms with Crippen molar-refractivity contribution in [3.63, 3.8) is 0 Å². The van der Waals surface area contributed by atoms with Crippen LogP contribution in [0.15, 0.2) is 36.7 Å². The third-order valence-electron chi connectivity index (χ3n) is 4.56. The molecule has 0 aliphatic carbocycles. The van der Waals surface area contributed by atoms with Gasteiger partial charge in [0, 0.05) is 37.6 Å². The molecule has 2 aromatic rings. The van der Waals surface area contributed by atoms with Crippen LogP contribution in [0.5, 0.6) is 5.75 Å². The van der Waals surface area contributed by atoms with E-state index in [1.165, 1.54) is 12.1 Å². The van der Waals surface area contributed by atoms with Crippen LogP contribution in [0.25, 0.3) is 0 Å². The number of carbonyl (C=O) groups is 1. The molecule has 6 nitrogen and oxygen atoms in total. The molecule has 6 heteroatoms. The summed E-state index contributed by atoms with van der Waals surface area (Å²) in [6.45, 7) is 6.62. The first kappa shape index (κ1) is 16.5. The molecule has 0 unspecified atom stereocenters. The summed E-state index contributed by atoms with van der Waals surface area (Å²) in [5, 5.41) is 12.3. The first-order valence-electron chi connectivity index (χ1n) is 8.45. The Morgan fingerprint density at radius 3 is 2.92 bits per heavy atom. The number of carbonyl (C=O) groups excluding carboxylic acids is 1. The Balaban J connectivity index is 1.46. The van der Waals surface area contributed by atoms with Crippen molar-refractivity contribution in [2.75, 3.05) is 19.6 Å². The first-order valence-corrected chi connectivity index (χ1v) is 8.45. The van der Waals surface area contributed by atoms with Gasteiger partial charge in [-0.05, 0) is 50.1 Å². The summed E-state index contributed by atoms with van der Waals surface area (Å²) in [6, 6.07) is 6.33. The van der Waals surface area contributed by atoms with Crippen molar-refractivity contribution in [3.05, 3.63) is 48.0 Å². The van der Waals surface area contributed by atoms with Gasteiger partial charge in [0.05, 0.1) is 6.54 Å². The number of hydrogen-bond donors (Lipinski definition) is 2. The summed E-state index contributed by atoms with van der Waals surface area (Å²) >= 11 is 0. The van der Waals surface area contributed by atoms with Crippen molar-refractivity contribution in [2.24, 2.45) is 5.92 Å². The lowest BCUT2D eigenvalue weighted by atomic mass is 10.1. The minimum Gasteiger partial charge on any atom is -0.508 e. The van der Waals surface area contributed by atoms with Crippen LogP contribution in [0.1, 0.15) is 29.5 Å². The third kappa shape index (κ3) is 3.94. The van der Waals surface area contributed by atoms with Crippen LogP contribution >= 0.6 is 0 Å². The van der Waals surface area contributed by atoms with Crippen LogP contribution in [0.2, 0.25) is 0 Å². The number of benzene rings is 1. The molecule has 1 saturated heterocycles. The molecule has 1 atom stereocenters. The monoisotopic (exact) mass is 328 g/mol. The normalized spacial score (nSPS) is 18.0. The molecule has 24 heavy (non-hydrogen) atoms. The van der Waals surface area contributed by atoms with Crippen molar-refractivity contribution in [1.82, 2.24) is 19.8 Å². The lowest BCUT2D eigenvalue weighted by Gasteiger charge is -2.16. The van der Waals surface area contributed by atoms with Crippen molar-refractivity contribution in [2.45, 2.75) is 26.4 Å². The molecular formula is C18H24N4O2. The number of likely N-dealkylation sites (tertiary alicyclic amines) is 1. The van der Waals surface area contributed by atoms with Crippen molar-refractivity contribution in [1.29, 1.82) is 0 Å². The van der Waals surface area contributed by atoms with E-state index in [4.69, 9.17) is 0 Å². The van der Waals surface area contributed by atoms with E-state index in [2.05, 4.69) is 26.7 Å². The highest BCUT2D eigenvalue weighted by Gasteiger charge is 2.24. The summed E-state index contributed by atoms with van der Waals surface area (Å²) in [5.41, 5.74) is 0.577. The second-order valence-corrected chi connectivity index (χ2v) is 6.28. The predicted octanol–water partition coefficient (Wildman–Crippen LogP) is 1.86. The quantitative estimate of drug-likeness (QED) is 0.849. The number of phenolic OH excluding ortho intramolecular Hbond substituents is 1. The van der Waals surface area contributed by atoms with Crippen LogP contribution in [-0.2, 0) is 13.1 Å². The van der Waals surface area contributed by atoms with E-state index in [1.807, 2.05) is 12.4 Å². The van der Waals surface area contributed by atoms with Crippen molar-refractivity contribution in [3.8, 4) is 5.75 Å². The molecule has 0 bridgehead atoms. The molecule has 1 aromatic heterocycles. The fourth-order valence-corrected chi connectivity index (χ4v) is 3.15. The number of imidazole rings is 1. The summed E-state index contributed by atoms with van der Waals surface area (Å²) in [5.74, 6) is 1.65. The van der Waals surface area contributed by atoms with E-state index >= 15 is 0 Å². The van der Waals surface area contributed by atoms with Gasteiger partial charge < -0.3 is 15.0 Å². The number of phenols is 1. The van der Waals surface area contributed by atoms with Crippen LogP contribution in [0.3, 0.4) is 0 Å². The maximum Gasteiger partial charge on any atom is 0.251 e. The number of amides is 1. The molecule has 0 saturated carbocycles. The summed E-state index contributed by atoms with van der Waals surface area (Å²) < 4.78 is 2.17. The van der Waals surface area contributed by atoms with E-state index in [0.29, 0.717) is 18.0 Å². The van der Waals surface area contributed by atoms with E-state index in [-0.39, 0.29) is 11.7 Å². The molecule has 2 heterocycles. The Labute approximate surface area is 142 Å². The van der Waals surface area contributed by atoms with Crippen molar-refractivity contribution >= 4 is 5.91 Å². The van der Waals surface area contributed by atoms with Gasteiger partial charge in [-0.1, -0.05) is 0 Å². The van der Waals surface area contributed by atoms with Gasteiger partial charge in [0.25, 0.3) is 5.91 Å². The smallest absolute Gasteiger partial charge is 0.251 e. The maximum absolute atomic E-state index is 12.1. The minimum atomic E-state index is -0.0880. The zero-order chi connectivity index (χ0) is 16.9. The molecule has 1 amide bonds. The zero-order valence-corrected chi connectivity index (χ0v) is 14.0. The highest BCUT2D eigenvalue weighted by molar-refractivity contribution is 5.94. The molecule has 1 aliphatic heterocycles. The average molecular weight is 328 g/mol. The highest BCUT2D eigenvalue weighted by Crippen LogP contribution is 2.18. The van der Waals surface area contributed by atoms with Gasteiger partial charge in [-0.25, -0.2) is 4.98 Å². The van der Waals surface area contributed by atoms with Crippen LogP contribution in [0, 0.1) is 5.92 Å². The van der Waals surface area contributed by atoms with Gasteiger partial charge in [0.2, 0.25) is 0 Å². The van der Waals surface area contributed by atoms with Gasteiger partial charge >= 0.3 is 0 Å². The molecule has 3 rings (SSSR count). The highest BCUT2D eigenvalue weighted by atomic mass is 16.3. The van der Waals surface area contributed by atoms with E-state index < -0.39 is 0 Å². The van der Waals surface area contributed by atoms with Crippen LogP contribution < -0.4 is 5.32 Å². The van der Waals surface area contributed by atoms with Crippen LogP contribution in [0.4, 0.5) is 0 Å². The van der Waals surface area contributed by atoms with Crippen LogP contribution in [-0.4, -0.2) is 45.1 Å². The Bertz CT molecular complexity index is 681. The lowest BCUT2D eigenvalue weighted by molar-refractivity contribution is 0.0947. The Hall–Kier alpha value is -2.34. The second kappa shape index (κ2) is 7.49. The number of aryl methyl sites for hydroxylation is 1. The van der Waals surface area contributed by atoms with Gasteiger partial charge in [-0.15, -0.1) is 0 Å². The number of aromatic hydroxyl groups is 1. The lowest BCUT2D eigenvalue weighted by Crippen LogP contribution is -2.31. The first-order chi connectivity index (χ1) is 11.7. The largest absolute Gasteiger partial charge is 0.508 e. The number of hydrogen-bond acceptors (Lipinski definition) is 4. The summed E-state index contributed by atoms with van der Waals surface area (Å²) in [4.78, 5) is 18.9. The average Bonchev–Trinajstić information content (AvgIpc) is 3.22. The van der Waals surface area contributed by atoms with Crippen molar-refractivity contribution < 1.29 is 9.90 Å². The fraction of sp³-hybridized carbons (Fsp3) is 0.444. The summed E-state index contributed by atoms with van der Waals surface area (Å²) in [7, 11) is 0. The standard InChI is InChI=1S/C18H24N4O2/c1-2-22-10-8-19-17(22)13-21-9-7-14(12-21)11-20-18(24)15-3-5-16(23)6-4-15/h3-6,8,10,14,23H,2,7,9,11-13H2,1H3,(H,20,24)/t14-/m1/s1. The third-order valence-corrected chi connectivity index (χ3v) is 4.56. The number of nitrogens with one attached hydrogen (secondary N) is 1. The SMILES string of the molecule is CCn1ccnc1CN1CC[C@H](CNC(=O)c2ccc(O)cc2)C1. The molecule has 1 fully saturated rings. The van der Waals surface area contributed by atoms with E-state index in [0.717, 1.165) is 38.4 Å². The Morgan fingerprint density at radius 1 is 1.38 bits per heavy atom. The molecule has 0 spiro atoms. The Morgan fingerprint density at radius 2 is 2.17 bits per heavy atom. The fourth-order valence-electron chi connectivity index (χ4n) is 3.15. The number of rotatable bonds is 6. The maximum atomic E-state index is 12.1.